The molecule has 1 saturated heterocycles. The minimum atomic E-state index is -2.76. The summed E-state index contributed by atoms with van der Waals surface area (Å²) in [6, 6.07) is 4.08. The van der Waals surface area contributed by atoms with Gasteiger partial charge in [-0.15, -0.1) is 0 Å². The minimum Gasteiger partial charge on any atom is -0.485 e. The zero-order chi connectivity index (χ0) is 28.3. The summed E-state index contributed by atoms with van der Waals surface area (Å²) < 4.78 is 60.6. The van der Waals surface area contributed by atoms with Gasteiger partial charge in [0.25, 0.3) is 24.1 Å². The van der Waals surface area contributed by atoms with Gasteiger partial charge in [0.2, 0.25) is 5.76 Å². The maximum atomic E-state index is 15.2. The highest BCUT2D eigenvalue weighted by molar-refractivity contribution is 6.36. The third-order valence-corrected chi connectivity index (χ3v) is 6.21. The number of rotatable bonds is 10. The van der Waals surface area contributed by atoms with E-state index in [0.29, 0.717) is 0 Å². The standard InChI is InChI=1S/C24H21Cl2F3N4O6/c1-11(31-23(35)24(9-37-10-24)32-22(34)17-6-19(36-2)33-39-17)20-16(27)3-12(7-30-20)14-4-13(25)5-15(26)21(14)38-8-18(28)29/h3-7,11,18H,8-10H2,1-2H3,(H,31,35)(H,32,34)/t11-/m1/s1. The minimum absolute atomic E-state index is 0.0397. The largest absolute Gasteiger partial charge is 0.485 e. The van der Waals surface area contributed by atoms with Crippen LogP contribution in [-0.2, 0) is 9.53 Å². The van der Waals surface area contributed by atoms with Crippen LogP contribution in [0.2, 0.25) is 10.0 Å². The van der Waals surface area contributed by atoms with E-state index in [1.807, 2.05) is 0 Å². The third kappa shape index (κ3) is 6.21. The molecule has 1 aliphatic heterocycles. The second-order valence-electron chi connectivity index (χ2n) is 8.52. The SMILES string of the molecule is COc1cc(C(=O)NC2(C(=O)N[C@H](C)c3ncc(-c4cc(Cl)cc(Cl)c4OCC(F)F)cc3F)COC2)on1. The topological polar surface area (TPSA) is 125 Å². The van der Waals surface area contributed by atoms with E-state index in [1.54, 1.807) is 0 Å². The second-order valence-corrected chi connectivity index (χ2v) is 9.36. The molecule has 2 amide bonds. The first-order chi connectivity index (χ1) is 18.5. The molecule has 208 valence electrons. The summed E-state index contributed by atoms with van der Waals surface area (Å²) >= 11 is 12.2. The molecule has 2 N–H and O–H groups in total. The van der Waals surface area contributed by atoms with Crippen LogP contribution >= 0.6 is 23.2 Å². The van der Waals surface area contributed by atoms with E-state index in [-0.39, 0.29) is 57.5 Å². The Morgan fingerprint density at radius 2 is 1.95 bits per heavy atom. The molecule has 0 aliphatic carbocycles. The van der Waals surface area contributed by atoms with Gasteiger partial charge in [-0.3, -0.25) is 14.6 Å². The fourth-order valence-electron chi connectivity index (χ4n) is 3.69. The van der Waals surface area contributed by atoms with Crippen molar-refractivity contribution in [1.29, 1.82) is 0 Å². The molecule has 3 heterocycles. The van der Waals surface area contributed by atoms with Crippen LogP contribution in [-0.4, -0.2) is 60.8 Å². The van der Waals surface area contributed by atoms with Crippen molar-refractivity contribution in [3.63, 3.8) is 0 Å². The smallest absolute Gasteiger partial charge is 0.291 e. The molecule has 4 rings (SSSR count). The monoisotopic (exact) mass is 588 g/mol. The third-order valence-electron chi connectivity index (χ3n) is 5.71. The molecule has 0 radical (unpaired) electrons. The molecule has 0 spiro atoms. The zero-order valence-electron chi connectivity index (χ0n) is 20.4. The molecule has 3 aromatic rings. The van der Waals surface area contributed by atoms with Crippen molar-refractivity contribution in [2.45, 2.75) is 24.9 Å². The Kier molecular flexibility index (Phi) is 8.52. The number of ether oxygens (including phenoxy) is 3. The Hall–Kier alpha value is -3.55. The van der Waals surface area contributed by atoms with E-state index in [9.17, 15) is 18.4 Å². The van der Waals surface area contributed by atoms with Gasteiger partial charge in [0, 0.05) is 22.3 Å². The molecular weight excluding hydrogens is 568 g/mol. The zero-order valence-corrected chi connectivity index (χ0v) is 21.9. The number of benzene rings is 1. The van der Waals surface area contributed by atoms with Gasteiger partial charge in [-0.1, -0.05) is 23.2 Å². The summed E-state index contributed by atoms with van der Waals surface area (Å²) in [5, 5.41) is 8.84. The second kappa shape index (κ2) is 11.7. The average molecular weight is 589 g/mol. The van der Waals surface area contributed by atoms with Crippen LogP contribution in [0.15, 0.2) is 35.0 Å². The van der Waals surface area contributed by atoms with Crippen LogP contribution in [0.4, 0.5) is 13.2 Å². The number of hydrogen-bond acceptors (Lipinski definition) is 8. The fourth-order valence-corrected chi connectivity index (χ4v) is 4.24. The van der Waals surface area contributed by atoms with Crippen molar-refractivity contribution in [1.82, 2.24) is 20.8 Å². The summed E-state index contributed by atoms with van der Waals surface area (Å²) in [7, 11) is 1.35. The number of carbonyl (C=O) groups excluding carboxylic acids is 2. The maximum absolute atomic E-state index is 15.2. The Bertz CT molecular complexity index is 1390. The number of hydrogen-bond donors (Lipinski definition) is 2. The average Bonchev–Trinajstić information content (AvgIpc) is 3.34. The number of carbonyl (C=O) groups is 2. The number of amides is 2. The number of aromatic nitrogens is 2. The molecule has 2 aromatic heterocycles. The van der Waals surface area contributed by atoms with Crippen molar-refractivity contribution in [3.8, 4) is 22.8 Å². The van der Waals surface area contributed by atoms with Gasteiger partial charge in [0.1, 0.15) is 18.2 Å². The van der Waals surface area contributed by atoms with Crippen LogP contribution < -0.4 is 20.1 Å². The van der Waals surface area contributed by atoms with Gasteiger partial charge in [-0.2, -0.15) is 0 Å². The molecule has 39 heavy (non-hydrogen) atoms. The van der Waals surface area contributed by atoms with Gasteiger partial charge >= 0.3 is 0 Å². The maximum Gasteiger partial charge on any atom is 0.291 e. The summed E-state index contributed by atoms with van der Waals surface area (Å²) in [4.78, 5) is 29.7. The number of nitrogens with one attached hydrogen (secondary N) is 2. The lowest BCUT2D eigenvalue weighted by Gasteiger charge is -2.40. The van der Waals surface area contributed by atoms with Gasteiger partial charge in [-0.25, -0.2) is 13.2 Å². The van der Waals surface area contributed by atoms with Gasteiger partial charge in [0.15, 0.2) is 5.54 Å². The Labute approximate surface area is 229 Å². The van der Waals surface area contributed by atoms with Crippen molar-refractivity contribution in [3.05, 3.63) is 57.8 Å². The van der Waals surface area contributed by atoms with Crippen LogP contribution in [0.3, 0.4) is 0 Å². The molecule has 10 nitrogen and oxygen atoms in total. The number of methoxy groups -OCH3 is 1. The van der Waals surface area contributed by atoms with E-state index in [2.05, 4.69) is 20.8 Å². The van der Waals surface area contributed by atoms with E-state index in [1.165, 1.54) is 38.4 Å². The lowest BCUT2D eigenvalue weighted by Crippen LogP contribution is -2.70. The summed E-state index contributed by atoms with van der Waals surface area (Å²) in [5.74, 6) is -2.39. The first-order valence-electron chi connectivity index (χ1n) is 11.3. The molecule has 0 saturated carbocycles. The quantitative estimate of drug-likeness (QED) is 0.361. The molecular formula is C24H21Cl2F3N4O6. The van der Waals surface area contributed by atoms with Gasteiger partial charge < -0.3 is 29.4 Å². The number of pyridine rings is 1. The summed E-state index contributed by atoms with van der Waals surface area (Å²) in [5.41, 5.74) is -1.25. The lowest BCUT2D eigenvalue weighted by molar-refractivity contribution is -0.147. The lowest BCUT2D eigenvalue weighted by atomic mass is 9.95. The molecule has 1 aromatic carbocycles. The van der Waals surface area contributed by atoms with Crippen LogP contribution in [0.25, 0.3) is 11.1 Å². The predicted molar refractivity (Wildman–Crippen MR) is 132 cm³/mol. The molecule has 1 atom stereocenters. The first-order valence-corrected chi connectivity index (χ1v) is 12.1. The van der Waals surface area contributed by atoms with Gasteiger partial charge in [0.05, 0.1) is 43.1 Å². The first kappa shape index (κ1) is 28.5. The fraction of sp³-hybridized carbons (Fsp3) is 0.333. The van der Waals surface area contributed by atoms with Crippen molar-refractivity contribution in [2.75, 3.05) is 26.9 Å². The van der Waals surface area contributed by atoms with Crippen LogP contribution in [0.1, 0.15) is 29.2 Å². The molecule has 1 fully saturated rings. The van der Waals surface area contributed by atoms with E-state index in [4.69, 9.17) is 41.9 Å². The summed E-state index contributed by atoms with van der Waals surface area (Å²) in [6.45, 7) is 0.298. The van der Waals surface area contributed by atoms with E-state index < -0.39 is 42.2 Å². The summed E-state index contributed by atoms with van der Waals surface area (Å²) in [6.07, 6.45) is -1.50. The highest BCUT2D eigenvalue weighted by atomic mass is 35.5. The van der Waals surface area contributed by atoms with Crippen LogP contribution in [0, 0.1) is 5.82 Å². The molecule has 0 bridgehead atoms. The van der Waals surface area contributed by atoms with Crippen molar-refractivity contribution < 1.29 is 41.5 Å². The Balaban J connectivity index is 1.51. The number of nitrogens with zero attached hydrogens (tertiary/aromatic N) is 2. The number of alkyl halides is 2. The van der Waals surface area contributed by atoms with E-state index >= 15 is 4.39 Å². The molecule has 0 unspecified atom stereocenters. The van der Waals surface area contributed by atoms with Gasteiger partial charge in [-0.05, 0) is 30.3 Å². The normalized spacial score (nSPS) is 14.9. The highest BCUT2D eigenvalue weighted by Gasteiger charge is 2.48. The Morgan fingerprint density at radius 3 is 2.54 bits per heavy atom. The highest BCUT2D eigenvalue weighted by Crippen LogP contribution is 2.39. The number of halogens is 5. The van der Waals surface area contributed by atoms with Crippen molar-refractivity contribution in [2.24, 2.45) is 0 Å². The molecule has 15 heteroatoms. The Morgan fingerprint density at radius 1 is 1.21 bits per heavy atom. The predicted octanol–water partition coefficient (Wildman–Crippen LogP) is 4.21. The van der Waals surface area contributed by atoms with E-state index in [0.717, 1.165) is 6.07 Å². The molecule has 1 aliphatic rings. The van der Waals surface area contributed by atoms with Crippen molar-refractivity contribution >= 4 is 35.0 Å². The van der Waals surface area contributed by atoms with Crippen LogP contribution in [0.5, 0.6) is 11.6 Å².